The topological polar surface area (TPSA) is 64.9 Å². The summed E-state index contributed by atoms with van der Waals surface area (Å²) in [4.78, 5) is 4.34. The Hall–Kier alpha value is -1.10. The molecule has 108 valence electrons. The molecule has 0 bridgehead atoms. The molecule has 1 aromatic heterocycles. The van der Waals surface area contributed by atoms with Crippen molar-refractivity contribution in [3.05, 3.63) is 45.5 Å². The normalized spacial score (nSPS) is 14.2. The molecule has 0 fully saturated rings. The summed E-state index contributed by atoms with van der Waals surface area (Å²) in [5.74, 6) is 1.34. The molecule has 0 amide bonds. The molecule has 0 aliphatic carbocycles. The summed E-state index contributed by atoms with van der Waals surface area (Å²) in [6.07, 6.45) is 1.45. The van der Waals surface area contributed by atoms with Crippen LogP contribution >= 0.6 is 23.2 Å². The Morgan fingerprint density at radius 1 is 1.35 bits per heavy atom. The second-order valence-corrected chi connectivity index (χ2v) is 5.72. The van der Waals surface area contributed by atoms with Crippen molar-refractivity contribution >= 4 is 23.2 Å². The van der Waals surface area contributed by atoms with E-state index in [9.17, 15) is 0 Å². The second-order valence-electron chi connectivity index (χ2n) is 4.87. The van der Waals surface area contributed by atoms with Crippen LogP contribution < -0.4 is 5.73 Å². The zero-order valence-electron chi connectivity index (χ0n) is 11.4. The van der Waals surface area contributed by atoms with Crippen molar-refractivity contribution in [2.75, 3.05) is 0 Å². The lowest BCUT2D eigenvalue weighted by atomic mass is 10.0. The number of benzene rings is 1. The number of hydrogen-bond donors (Lipinski definition) is 1. The third-order valence-electron chi connectivity index (χ3n) is 3.39. The maximum atomic E-state index is 6.13. The molecule has 2 atom stereocenters. The predicted octanol–water partition coefficient (Wildman–Crippen LogP) is 4.01. The largest absolute Gasteiger partial charge is 0.338 e. The summed E-state index contributed by atoms with van der Waals surface area (Å²) >= 11 is 12.0. The van der Waals surface area contributed by atoms with E-state index >= 15 is 0 Å². The van der Waals surface area contributed by atoms with E-state index in [2.05, 4.69) is 24.0 Å². The molecule has 0 aliphatic rings. The average molecular weight is 314 g/mol. The Bertz CT molecular complexity index is 586. The van der Waals surface area contributed by atoms with Gasteiger partial charge in [0.05, 0.1) is 6.04 Å². The molecule has 2 N–H and O–H groups in total. The van der Waals surface area contributed by atoms with Crippen molar-refractivity contribution in [3.63, 3.8) is 0 Å². The minimum atomic E-state index is -0.234. The second kappa shape index (κ2) is 6.57. The van der Waals surface area contributed by atoms with Crippen molar-refractivity contribution in [1.29, 1.82) is 0 Å². The molecule has 0 radical (unpaired) electrons. The van der Waals surface area contributed by atoms with Gasteiger partial charge >= 0.3 is 0 Å². The fourth-order valence-electron chi connectivity index (χ4n) is 1.81. The van der Waals surface area contributed by atoms with Crippen LogP contribution in [0.4, 0.5) is 0 Å². The Balaban J connectivity index is 2.13. The van der Waals surface area contributed by atoms with Gasteiger partial charge in [0, 0.05) is 16.5 Å². The molecule has 0 aliphatic heterocycles. The first-order valence-corrected chi connectivity index (χ1v) is 7.28. The first-order valence-electron chi connectivity index (χ1n) is 6.53. The van der Waals surface area contributed by atoms with Crippen LogP contribution in [0.1, 0.15) is 43.6 Å². The molecule has 1 heterocycles. The van der Waals surface area contributed by atoms with Crippen LogP contribution in [0.25, 0.3) is 0 Å². The maximum Gasteiger partial charge on any atom is 0.243 e. The zero-order chi connectivity index (χ0) is 14.7. The summed E-state index contributed by atoms with van der Waals surface area (Å²) in [6.45, 7) is 4.14. The summed E-state index contributed by atoms with van der Waals surface area (Å²) in [5, 5.41) is 5.15. The van der Waals surface area contributed by atoms with Crippen molar-refractivity contribution in [3.8, 4) is 0 Å². The van der Waals surface area contributed by atoms with Crippen LogP contribution in [-0.4, -0.2) is 10.1 Å². The SMILES string of the molecule is CCC(C)[C@H](N)c1nc(Cc2ccc(Cl)cc2Cl)no1. The molecule has 6 heteroatoms. The maximum absolute atomic E-state index is 6.13. The smallest absolute Gasteiger partial charge is 0.243 e. The minimum Gasteiger partial charge on any atom is -0.338 e. The van der Waals surface area contributed by atoms with Crippen LogP contribution in [-0.2, 0) is 6.42 Å². The number of nitrogens with zero attached hydrogens (tertiary/aromatic N) is 2. The molecule has 0 saturated heterocycles. The van der Waals surface area contributed by atoms with Crippen molar-refractivity contribution in [1.82, 2.24) is 10.1 Å². The van der Waals surface area contributed by atoms with Crippen LogP contribution in [0.2, 0.25) is 10.0 Å². The number of halogens is 2. The highest BCUT2D eigenvalue weighted by atomic mass is 35.5. The van der Waals surface area contributed by atoms with Gasteiger partial charge in [0.25, 0.3) is 0 Å². The van der Waals surface area contributed by atoms with Crippen LogP contribution in [0.15, 0.2) is 22.7 Å². The highest BCUT2D eigenvalue weighted by Crippen LogP contribution is 2.24. The highest BCUT2D eigenvalue weighted by molar-refractivity contribution is 6.35. The van der Waals surface area contributed by atoms with Gasteiger partial charge in [-0.15, -0.1) is 0 Å². The Morgan fingerprint density at radius 2 is 2.10 bits per heavy atom. The molecule has 0 spiro atoms. The van der Waals surface area contributed by atoms with E-state index in [0.717, 1.165) is 12.0 Å². The summed E-state index contributed by atoms with van der Waals surface area (Å²) in [5.41, 5.74) is 6.97. The van der Waals surface area contributed by atoms with Gasteiger partial charge in [-0.25, -0.2) is 0 Å². The fourth-order valence-corrected chi connectivity index (χ4v) is 2.28. The Morgan fingerprint density at radius 3 is 2.75 bits per heavy atom. The molecule has 1 unspecified atom stereocenters. The van der Waals surface area contributed by atoms with E-state index in [4.69, 9.17) is 33.5 Å². The quantitative estimate of drug-likeness (QED) is 0.905. The number of rotatable bonds is 5. The first kappa shape index (κ1) is 15.3. The van der Waals surface area contributed by atoms with Gasteiger partial charge in [-0.05, 0) is 23.6 Å². The van der Waals surface area contributed by atoms with Gasteiger partial charge in [0.1, 0.15) is 0 Å². The zero-order valence-corrected chi connectivity index (χ0v) is 12.9. The summed E-state index contributed by atoms with van der Waals surface area (Å²) < 4.78 is 5.23. The van der Waals surface area contributed by atoms with Crippen molar-refractivity contribution < 1.29 is 4.52 Å². The van der Waals surface area contributed by atoms with E-state index in [1.165, 1.54) is 0 Å². The van der Waals surface area contributed by atoms with Gasteiger partial charge in [0.2, 0.25) is 5.89 Å². The lowest BCUT2D eigenvalue weighted by Crippen LogP contribution is -2.18. The van der Waals surface area contributed by atoms with Gasteiger partial charge in [-0.3, -0.25) is 0 Å². The van der Waals surface area contributed by atoms with Gasteiger partial charge in [0.15, 0.2) is 5.82 Å². The average Bonchev–Trinajstić information content (AvgIpc) is 2.88. The van der Waals surface area contributed by atoms with E-state index < -0.39 is 0 Å². The van der Waals surface area contributed by atoms with Gasteiger partial charge < -0.3 is 10.3 Å². The molecular weight excluding hydrogens is 297 g/mol. The number of hydrogen-bond acceptors (Lipinski definition) is 4. The van der Waals surface area contributed by atoms with E-state index in [1.54, 1.807) is 12.1 Å². The molecule has 2 aromatic rings. The van der Waals surface area contributed by atoms with Gasteiger partial charge in [-0.2, -0.15) is 4.98 Å². The molecule has 4 nitrogen and oxygen atoms in total. The van der Waals surface area contributed by atoms with Crippen LogP contribution in [0.3, 0.4) is 0 Å². The lowest BCUT2D eigenvalue weighted by Gasteiger charge is -2.12. The van der Waals surface area contributed by atoms with Gasteiger partial charge in [-0.1, -0.05) is 54.7 Å². The van der Waals surface area contributed by atoms with E-state index in [-0.39, 0.29) is 6.04 Å². The van der Waals surface area contributed by atoms with Crippen LogP contribution in [0, 0.1) is 5.92 Å². The molecule has 1 aromatic carbocycles. The predicted molar refractivity (Wildman–Crippen MR) is 79.9 cm³/mol. The minimum absolute atomic E-state index is 0.234. The third-order valence-corrected chi connectivity index (χ3v) is 3.98. The number of aromatic nitrogens is 2. The standard InChI is InChI=1S/C14H17Cl2N3O/c1-3-8(2)13(17)14-18-12(19-20-14)6-9-4-5-10(15)7-11(9)16/h4-5,7-8,13H,3,6,17H2,1-2H3/t8?,13-/m0/s1. The monoisotopic (exact) mass is 313 g/mol. The number of nitrogens with two attached hydrogens (primary N) is 1. The molecule has 0 saturated carbocycles. The van der Waals surface area contributed by atoms with E-state index in [0.29, 0.717) is 34.1 Å². The highest BCUT2D eigenvalue weighted by Gasteiger charge is 2.20. The van der Waals surface area contributed by atoms with Crippen molar-refractivity contribution in [2.24, 2.45) is 11.7 Å². The Kier molecular flexibility index (Phi) is 5.02. The molecule has 20 heavy (non-hydrogen) atoms. The Labute approximate surface area is 128 Å². The fraction of sp³-hybridized carbons (Fsp3) is 0.429. The molecule has 2 rings (SSSR count). The third kappa shape index (κ3) is 3.51. The summed E-state index contributed by atoms with van der Waals surface area (Å²) in [6, 6.07) is 5.11. The first-order chi connectivity index (χ1) is 9.51. The lowest BCUT2D eigenvalue weighted by molar-refractivity contribution is 0.310. The van der Waals surface area contributed by atoms with Crippen molar-refractivity contribution in [2.45, 2.75) is 32.7 Å². The summed E-state index contributed by atoms with van der Waals surface area (Å²) in [7, 11) is 0. The van der Waals surface area contributed by atoms with Crippen LogP contribution in [0.5, 0.6) is 0 Å². The van der Waals surface area contributed by atoms with E-state index in [1.807, 2.05) is 6.07 Å². The molecular formula is C14H17Cl2N3O.